The van der Waals surface area contributed by atoms with Crippen molar-refractivity contribution in [1.82, 2.24) is 4.90 Å². The topological polar surface area (TPSA) is 96.3 Å². The van der Waals surface area contributed by atoms with Crippen LogP contribution in [0.5, 0.6) is 5.75 Å². The molecule has 158 valence electrons. The third-order valence-electron chi connectivity index (χ3n) is 4.62. The Bertz CT molecular complexity index is 599. The van der Waals surface area contributed by atoms with Gasteiger partial charge in [0.2, 0.25) is 0 Å². The minimum absolute atomic E-state index is 0.343. The van der Waals surface area contributed by atoms with Crippen LogP contribution in [-0.2, 0) is 14.3 Å². The van der Waals surface area contributed by atoms with Crippen molar-refractivity contribution in [2.75, 3.05) is 26.2 Å². The van der Waals surface area contributed by atoms with E-state index in [-0.39, 0.29) is 0 Å². The predicted molar refractivity (Wildman–Crippen MR) is 107 cm³/mol. The van der Waals surface area contributed by atoms with Crippen LogP contribution in [0.3, 0.4) is 0 Å². The summed E-state index contributed by atoms with van der Waals surface area (Å²) >= 11 is 0. The first-order chi connectivity index (χ1) is 13.2. The lowest BCUT2D eigenvalue weighted by atomic mass is 9.98. The number of hydrogen-bond acceptors (Lipinski definition) is 5. The smallest absolute Gasteiger partial charge is 0.414 e. The number of carboxylic acids is 2. The van der Waals surface area contributed by atoms with Crippen LogP contribution in [-0.4, -0.2) is 65.5 Å². The van der Waals surface area contributed by atoms with Crippen LogP contribution in [0.1, 0.15) is 52.0 Å². The molecule has 0 aromatic heterocycles. The van der Waals surface area contributed by atoms with E-state index in [0.717, 1.165) is 44.8 Å². The highest BCUT2D eigenvalue weighted by molar-refractivity contribution is 6.27. The number of para-hydroxylation sites is 1. The molecular formula is C21H33NO6. The molecule has 7 nitrogen and oxygen atoms in total. The van der Waals surface area contributed by atoms with Crippen LogP contribution in [0.4, 0.5) is 0 Å². The van der Waals surface area contributed by atoms with E-state index in [2.05, 4.69) is 56.9 Å². The summed E-state index contributed by atoms with van der Waals surface area (Å²) in [7, 11) is 0. The van der Waals surface area contributed by atoms with Crippen LogP contribution >= 0.6 is 0 Å². The van der Waals surface area contributed by atoms with Crippen molar-refractivity contribution in [3.05, 3.63) is 29.8 Å². The molecule has 0 radical (unpaired) electrons. The normalized spacial score (nSPS) is 20.6. The van der Waals surface area contributed by atoms with Gasteiger partial charge in [0.25, 0.3) is 0 Å². The van der Waals surface area contributed by atoms with Crippen molar-refractivity contribution in [2.24, 2.45) is 0 Å². The van der Waals surface area contributed by atoms with Crippen molar-refractivity contribution in [3.63, 3.8) is 0 Å². The molecule has 2 N–H and O–H groups in total. The Balaban J connectivity index is 0.000000568. The lowest BCUT2D eigenvalue weighted by molar-refractivity contribution is -0.159. The van der Waals surface area contributed by atoms with Crippen LogP contribution in [0, 0.1) is 0 Å². The third kappa shape index (κ3) is 8.71. The Labute approximate surface area is 167 Å². The first kappa shape index (κ1) is 23.9. The molecule has 0 amide bonds. The summed E-state index contributed by atoms with van der Waals surface area (Å²) in [5.74, 6) is -2.04. The molecular weight excluding hydrogens is 362 g/mol. The molecule has 0 aliphatic carbocycles. The second-order valence-corrected chi connectivity index (χ2v) is 7.18. The molecule has 1 saturated heterocycles. The molecule has 1 fully saturated rings. The number of ether oxygens (including phenoxy) is 2. The Morgan fingerprint density at radius 2 is 1.75 bits per heavy atom. The van der Waals surface area contributed by atoms with Gasteiger partial charge in [0, 0.05) is 19.6 Å². The van der Waals surface area contributed by atoms with Crippen molar-refractivity contribution in [3.8, 4) is 5.75 Å². The van der Waals surface area contributed by atoms with Crippen LogP contribution in [0.15, 0.2) is 24.3 Å². The number of carbonyl (C=O) groups is 2. The van der Waals surface area contributed by atoms with Gasteiger partial charge in [-0.25, -0.2) is 9.59 Å². The van der Waals surface area contributed by atoms with E-state index >= 15 is 0 Å². The summed E-state index contributed by atoms with van der Waals surface area (Å²) in [6, 6.07) is 8.45. The van der Waals surface area contributed by atoms with E-state index in [1.165, 1.54) is 5.56 Å². The summed E-state index contributed by atoms with van der Waals surface area (Å²) < 4.78 is 11.8. The number of aliphatic carboxylic acids is 2. The molecule has 1 aliphatic heterocycles. The monoisotopic (exact) mass is 395 g/mol. The molecule has 2 rings (SSSR count). The summed E-state index contributed by atoms with van der Waals surface area (Å²) in [5, 5.41) is 14.8. The number of carboxylic acid groups (broad SMARTS) is 2. The summed E-state index contributed by atoms with van der Waals surface area (Å²) in [4.78, 5) is 20.7. The lowest BCUT2D eigenvalue weighted by Gasteiger charge is -2.35. The second kappa shape index (κ2) is 12.4. The molecule has 3 atom stereocenters. The zero-order valence-electron chi connectivity index (χ0n) is 17.3. The summed E-state index contributed by atoms with van der Waals surface area (Å²) in [6.07, 6.45) is 2.89. The van der Waals surface area contributed by atoms with Crippen LogP contribution in [0.25, 0.3) is 0 Å². The highest BCUT2D eigenvalue weighted by atomic mass is 16.5. The van der Waals surface area contributed by atoms with Crippen molar-refractivity contribution >= 4 is 11.9 Å². The maximum atomic E-state index is 9.10. The number of morpholine rings is 1. The first-order valence-corrected chi connectivity index (χ1v) is 9.80. The van der Waals surface area contributed by atoms with E-state index in [9.17, 15) is 0 Å². The van der Waals surface area contributed by atoms with Crippen molar-refractivity contribution < 1.29 is 29.3 Å². The van der Waals surface area contributed by atoms with Gasteiger partial charge < -0.3 is 19.7 Å². The maximum absolute atomic E-state index is 9.10. The molecule has 7 heteroatoms. The fourth-order valence-corrected chi connectivity index (χ4v) is 3.18. The van der Waals surface area contributed by atoms with Gasteiger partial charge in [0.05, 0.1) is 18.8 Å². The van der Waals surface area contributed by atoms with Gasteiger partial charge >= 0.3 is 11.9 Å². The van der Waals surface area contributed by atoms with E-state index in [1.807, 2.05) is 0 Å². The molecule has 3 unspecified atom stereocenters. The number of nitrogens with zero attached hydrogens (tertiary/aromatic N) is 1. The molecule has 1 aromatic carbocycles. The minimum Gasteiger partial charge on any atom is -0.493 e. The zero-order valence-corrected chi connectivity index (χ0v) is 17.3. The standard InChI is InChI=1S/C19H31NO2.C2H2O4/c1-5-15(2)18-9-6-7-10-19(18)21-12-8-11-20-13-16(3)22-17(4)14-20;3-1(4)2(5)6/h6-7,9-10,15-17H,5,8,11-14H2,1-4H3;(H,3,4)(H,5,6). The summed E-state index contributed by atoms with van der Waals surface area (Å²) in [6.45, 7) is 12.7. The molecule has 28 heavy (non-hydrogen) atoms. The van der Waals surface area contributed by atoms with E-state index < -0.39 is 11.9 Å². The van der Waals surface area contributed by atoms with Crippen LogP contribution in [0.2, 0.25) is 0 Å². The van der Waals surface area contributed by atoms with Gasteiger partial charge in [-0.1, -0.05) is 32.0 Å². The lowest BCUT2D eigenvalue weighted by Crippen LogP contribution is -2.45. The Morgan fingerprint density at radius 1 is 1.18 bits per heavy atom. The van der Waals surface area contributed by atoms with Gasteiger partial charge in [-0.05, 0) is 44.2 Å². The number of rotatable bonds is 7. The molecule has 0 saturated carbocycles. The second-order valence-electron chi connectivity index (χ2n) is 7.18. The average Bonchev–Trinajstić information content (AvgIpc) is 2.64. The van der Waals surface area contributed by atoms with Gasteiger partial charge in [-0.3, -0.25) is 4.90 Å². The van der Waals surface area contributed by atoms with Gasteiger partial charge in [0.1, 0.15) is 5.75 Å². The minimum atomic E-state index is -1.82. The van der Waals surface area contributed by atoms with Gasteiger partial charge in [-0.2, -0.15) is 0 Å². The van der Waals surface area contributed by atoms with E-state index in [1.54, 1.807) is 0 Å². The Hall–Kier alpha value is -2.12. The maximum Gasteiger partial charge on any atom is 0.414 e. The quantitative estimate of drug-likeness (QED) is 0.540. The van der Waals surface area contributed by atoms with Crippen LogP contribution < -0.4 is 4.74 Å². The van der Waals surface area contributed by atoms with Crippen molar-refractivity contribution in [2.45, 2.75) is 58.7 Å². The summed E-state index contributed by atoms with van der Waals surface area (Å²) in [5.41, 5.74) is 1.33. The predicted octanol–water partition coefficient (Wildman–Crippen LogP) is 3.23. The number of hydrogen-bond donors (Lipinski definition) is 2. The van der Waals surface area contributed by atoms with Crippen molar-refractivity contribution in [1.29, 1.82) is 0 Å². The third-order valence-corrected chi connectivity index (χ3v) is 4.62. The van der Waals surface area contributed by atoms with Gasteiger partial charge in [-0.15, -0.1) is 0 Å². The molecule has 0 bridgehead atoms. The fraction of sp³-hybridized carbons (Fsp3) is 0.619. The Kier molecular flexibility index (Phi) is 10.6. The molecule has 0 spiro atoms. The fourth-order valence-electron chi connectivity index (χ4n) is 3.18. The largest absolute Gasteiger partial charge is 0.493 e. The Morgan fingerprint density at radius 3 is 2.29 bits per heavy atom. The molecule has 1 aliphatic rings. The molecule has 1 heterocycles. The average molecular weight is 395 g/mol. The number of benzene rings is 1. The van der Waals surface area contributed by atoms with E-state index in [4.69, 9.17) is 29.3 Å². The zero-order chi connectivity index (χ0) is 21.1. The van der Waals surface area contributed by atoms with E-state index in [0.29, 0.717) is 18.1 Å². The van der Waals surface area contributed by atoms with Gasteiger partial charge in [0.15, 0.2) is 0 Å². The SMILES string of the molecule is CCC(C)c1ccccc1OCCCN1CC(C)OC(C)C1.O=C(O)C(=O)O. The highest BCUT2D eigenvalue weighted by Gasteiger charge is 2.21. The molecule has 1 aromatic rings. The highest BCUT2D eigenvalue weighted by Crippen LogP contribution is 2.28. The first-order valence-electron chi connectivity index (χ1n) is 9.80.